The fraction of sp³-hybridized carbons (Fsp3) is 0.308. The normalized spacial score (nSPS) is 14.4. The minimum Gasteiger partial charge on any atom is -0.467 e. The SMILES string of the molecule is Cc1ccc(C(=O)N(CC(=O)Nc2ccccc2)Cc2ccco2)cc1S(=O)(=O)N1CCCCC1. The molecule has 0 aliphatic carbocycles. The number of hydrogen-bond acceptors (Lipinski definition) is 5. The summed E-state index contributed by atoms with van der Waals surface area (Å²) in [6, 6.07) is 17.0. The van der Waals surface area contributed by atoms with Gasteiger partial charge in [-0.3, -0.25) is 9.59 Å². The number of carbonyl (C=O) groups is 2. The molecule has 0 radical (unpaired) electrons. The highest BCUT2D eigenvalue weighted by Gasteiger charge is 2.29. The Morgan fingerprint density at radius 1 is 1.00 bits per heavy atom. The van der Waals surface area contributed by atoms with Crippen LogP contribution in [0.5, 0.6) is 0 Å². The number of sulfonamides is 1. The first-order valence-corrected chi connectivity index (χ1v) is 13.1. The Labute approximate surface area is 205 Å². The van der Waals surface area contributed by atoms with Gasteiger partial charge in [0, 0.05) is 24.3 Å². The van der Waals surface area contributed by atoms with E-state index in [2.05, 4.69) is 5.32 Å². The number of nitrogens with zero attached hydrogens (tertiary/aromatic N) is 2. The summed E-state index contributed by atoms with van der Waals surface area (Å²) in [6.45, 7) is 2.51. The maximum Gasteiger partial charge on any atom is 0.254 e. The minimum atomic E-state index is -3.72. The van der Waals surface area contributed by atoms with Crippen LogP contribution >= 0.6 is 0 Å². The summed E-state index contributed by atoms with van der Waals surface area (Å²) in [5.41, 5.74) is 1.39. The number of anilines is 1. The fourth-order valence-electron chi connectivity index (χ4n) is 4.12. The molecule has 0 unspecified atom stereocenters. The lowest BCUT2D eigenvalue weighted by molar-refractivity contribution is -0.117. The predicted octanol–water partition coefficient (Wildman–Crippen LogP) is 4.04. The van der Waals surface area contributed by atoms with E-state index < -0.39 is 15.9 Å². The van der Waals surface area contributed by atoms with Gasteiger partial charge in [-0.25, -0.2) is 8.42 Å². The van der Waals surface area contributed by atoms with Gasteiger partial charge < -0.3 is 14.6 Å². The summed E-state index contributed by atoms with van der Waals surface area (Å²) >= 11 is 0. The van der Waals surface area contributed by atoms with Gasteiger partial charge in [-0.05, 0) is 61.7 Å². The number of amides is 2. The molecular formula is C26H29N3O5S. The number of piperidine rings is 1. The van der Waals surface area contributed by atoms with Gasteiger partial charge in [0.15, 0.2) is 0 Å². The van der Waals surface area contributed by atoms with E-state index in [0.29, 0.717) is 30.1 Å². The highest BCUT2D eigenvalue weighted by molar-refractivity contribution is 7.89. The van der Waals surface area contributed by atoms with Gasteiger partial charge in [0.25, 0.3) is 5.91 Å². The monoisotopic (exact) mass is 495 g/mol. The van der Waals surface area contributed by atoms with E-state index in [1.807, 2.05) is 6.07 Å². The van der Waals surface area contributed by atoms with E-state index in [-0.39, 0.29) is 29.5 Å². The highest BCUT2D eigenvalue weighted by atomic mass is 32.2. The maximum absolute atomic E-state index is 13.5. The molecule has 1 saturated heterocycles. The predicted molar refractivity (Wildman–Crippen MR) is 132 cm³/mol. The number of carbonyl (C=O) groups excluding carboxylic acids is 2. The Morgan fingerprint density at radius 3 is 2.43 bits per heavy atom. The number of furan rings is 1. The van der Waals surface area contributed by atoms with Crippen LogP contribution in [0.3, 0.4) is 0 Å². The lowest BCUT2D eigenvalue weighted by atomic mass is 10.1. The van der Waals surface area contributed by atoms with Gasteiger partial charge in [0.2, 0.25) is 15.9 Å². The Morgan fingerprint density at radius 2 is 1.74 bits per heavy atom. The van der Waals surface area contributed by atoms with Crippen molar-refractivity contribution in [2.45, 2.75) is 37.6 Å². The second-order valence-electron chi connectivity index (χ2n) is 8.60. The van der Waals surface area contributed by atoms with Crippen molar-refractivity contribution in [3.8, 4) is 0 Å². The molecule has 0 atom stereocenters. The molecule has 0 saturated carbocycles. The number of rotatable bonds is 8. The Hall–Kier alpha value is -3.43. The smallest absolute Gasteiger partial charge is 0.254 e. The van der Waals surface area contributed by atoms with Crippen LogP contribution in [-0.4, -0.2) is 49.1 Å². The van der Waals surface area contributed by atoms with Crippen LogP contribution in [0.1, 0.15) is 40.9 Å². The molecule has 2 aromatic carbocycles. The number of para-hydroxylation sites is 1. The molecule has 2 amide bonds. The van der Waals surface area contributed by atoms with E-state index in [4.69, 9.17) is 4.42 Å². The standard InChI is InChI=1S/C26H29N3O5S/c1-20-12-13-21(17-24(20)35(32,33)29-14-6-3-7-15-29)26(31)28(18-23-11-8-16-34-23)19-25(30)27-22-9-4-2-5-10-22/h2,4-5,8-13,16-17H,3,6-7,14-15,18-19H2,1H3,(H,27,30). The minimum absolute atomic E-state index is 0.0656. The van der Waals surface area contributed by atoms with Crippen molar-refractivity contribution in [3.05, 3.63) is 83.8 Å². The second-order valence-corrected chi connectivity index (χ2v) is 10.5. The number of hydrogen-bond donors (Lipinski definition) is 1. The van der Waals surface area contributed by atoms with E-state index >= 15 is 0 Å². The van der Waals surface area contributed by atoms with Crippen molar-refractivity contribution in [2.24, 2.45) is 0 Å². The van der Waals surface area contributed by atoms with Crippen molar-refractivity contribution in [1.82, 2.24) is 9.21 Å². The lowest BCUT2D eigenvalue weighted by Crippen LogP contribution is -2.38. The van der Waals surface area contributed by atoms with E-state index in [1.54, 1.807) is 55.5 Å². The molecule has 1 aliphatic rings. The summed E-state index contributed by atoms with van der Waals surface area (Å²) in [4.78, 5) is 27.7. The van der Waals surface area contributed by atoms with Gasteiger partial charge in [-0.2, -0.15) is 4.31 Å². The molecule has 8 nitrogen and oxygen atoms in total. The summed E-state index contributed by atoms with van der Waals surface area (Å²) in [7, 11) is -3.72. The topological polar surface area (TPSA) is 99.9 Å². The summed E-state index contributed by atoms with van der Waals surface area (Å²) < 4.78 is 33.5. The summed E-state index contributed by atoms with van der Waals surface area (Å²) in [6.07, 6.45) is 4.15. The quantitative estimate of drug-likeness (QED) is 0.508. The van der Waals surface area contributed by atoms with Crippen LogP contribution in [0.2, 0.25) is 0 Å². The zero-order chi connectivity index (χ0) is 24.8. The number of nitrogens with one attached hydrogen (secondary N) is 1. The first kappa shape index (κ1) is 24.7. The third-order valence-electron chi connectivity index (χ3n) is 5.97. The lowest BCUT2D eigenvalue weighted by Gasteiger charge is -2.27. The van der Waals surface area contributed by atoms with Gasteiger partial charge in [-0.1, -0.05) is 30.7 Å². The van der Waals surface area contributed by atoms with E-state index in [1.165, 1.54) is 21.5 Å². The molecule has 184 valence electrons. The van der Waals surface area contributed by atoms with Crippen molar-refractivity contribution in [2.75, 3.05) is 25.0 Å². The van der Waals surface area contributed by atoms with Crippen molar-refractivity contribution < 1.29 is 22.4 Å². The average molecular weight is 496 g/mol. The van der Waals surface area contributed by atoms with Gasteiger partial charge >= 0.3 is 0 Å². The Balaban J connectivity index is 1.59. The zero-order valence-corrected chi connectivity index (χ0v) is 20.5. The van der Waals surface area contributed by atoms with E-state index in [9.17, 15) is 18.0 Å². The third kappa shape index (κ3) is 5.98. The molecular weight excluding hydrogens is 466 g/mol. The first-order valence-electron chi connectivity index (χ1n) is 11.6. The van der Waals surface area contributed by atoms with E-state index in [0.717, 1.165) is 19.3 Å². The van der Waals surface area contributed by atoms with Gasteiger partial charge in [0.1, 0.15) is 12.3 Å². The average Bonchev–Trinajstić information content (AvgIpc) is 3.38. The van der Waals surface area contributed by atoms with Gasteiger partial charge in [0.05, 0.1) is 17.7 Å². The largest absolute Gasteiger partial charge is 0.467 e. The van der Waals surface area contributed by atoms with Crippen molar-refractivity contribution >= 4 is 27.5 Å². The van der Waals surface area contributed by atoms with Crippen molar-refractivity contribution in [1.29, 1.82) is 0 Å². The van der Waals surface area contributed by atoms with Crippen LogP contribution in [0, 0.1) is 6.92 Å². The number of benzene rings is 2. The molecule has 0 bridgehead atoms. The van der Waals surface area contributed by atoms with Crippen LogP contribution in [0.4, 0.5) is 5.69 Å². The molecule has 4 rings (SSSR count). The Bertz CT molecular complexity index is 1270. The van der Waals surface area contributed by atoms with Crippen LogP contribution in [-0.2, 0) is 21.4 Å². The first-order chi connectivity index (χ1) is 16.8. The van der Waals surface area contributed by atoms with Crippen LogP contribution in [0.15, 0.2) is 76.2 Å². The molecule has 3 aromatic rings. The van der Waals surface area contributed by atoms with Gasteiger partial charge in [-0.15, -0.1) is 0 Å². The summed E-state index contributed by atoms with van der Waals surface area (Å²) in [5, 5.41) is 2.78. The molecule has 2 heterocycles. The summed E-state index contributed by atoms with van der Waals surface area (Å²) in [5.74, 6) is -0.316. The molecule has 0 spiro atoms. The van der Waals surface area contributed by atoms with Crippen LogP contribution in [0.25, 0.3) is 0 Å². The Kier molecular flexibility index (Phi) is 7.67. The molecule has 1 aliphatic heterocycles. The zero-order valence-electron chi connectivity index (χ0n) is 19.6. The number of aryl methyl sites for hydroxylation is 1. The van der Waals surface area contributed by atoms with Crippen molar-refractivity contribution in [3.63, 3.8) is 0 Å². The molecule has 9 heteroatoms. The third-order valence-corrected chi connectivity index (χ3v) is 8.01. The molecule has 1 aromatic heterocycles. The molecule has 1 fully saturated rings. The second kappa shape index (κ2) is 10.9. The molecule has 35 heavy (non-hydrogen) atoms. The van der Waals surface area contributed by atoms with Crippen LogP contribution < -0.4 is 5.32 Å². The maximum atomic E-state index is 13.5. The highest BCUT2D eigenvalue weighted by Crippen LogP contribution is 2.25. The fourth-order valence-corrected chi connectivity index (χ4v) is 5.89. The molecule has 1 N–H and O–H groups in total.